The van der Waals surface area contributed by atoms with Gasteiger partial charge < -0.3 is 14.8 Å². The maximum absolute atomic E-state index is 5.51. The predicted octanol–water partition coefficient (Wildman–Crippen LogP) is 3.24. The molecule has 0 fully saturated rings. The van der Waals surface area contributed by atoms with Gasteiger partial charge in [-0.25, -0.2) is 0 Å². The lowest BCUT2D eigenvalue weighted by molar-refractivity contribution is 0.0128. The van der Waals surface area contributed by atoms with E-state index in [2.05, 4.69) is 44.3 Å². The Morgan fingerprint density at radius 3 is 2.94 bits per heavy atom. The van der Waals surface area contributed by atoms with Gasteiger partial charge in [0.05, 0.1) is 12.2 Å². The normalized spacial score (nSPS) is 16.0. The molecule has 1 heterocycles. The van der Waals surface area contributed by atoms with Crippen LogP contribution in [0.5, 0.6) is 5.75 Å². The Bertz CT molecular complexity index is 415. The third-order valence-electron chi connectivity index (χ3n) is 3.45. The number of fused-ring (bicyclic) bond motifs is 1. The molecule has 3 nitrogen and oxygen atoms in total. The highest BCUT2D eigenvalue weighted by molar-refractivity contribution is 5.52. The second-order valence-corrected chi connectivity index (χ2v) is 5.63. The van der Waals surface area contributed by atoms with Crippen LogP contribution in [0.2, 0.25) is 0 Å². The first-order chi connectivity index (χ1) is 8.50. The monoisotopic (exact) mass is 249 g/mol. The topological polar surface area (TPSA) is 30.5 Å². The summed E-state index contributed by atoms with van der Waals surface area (Å²) in [6, 6.07) is 6.71. The fourth-order valence-electron chi connectivity index (χ4n) is 2.43. The van der Waals surface area contributed by atoms with Crippen LogP contribution in [0.25, 0.3) is 0 Å². The van der Waals surface area contributed by atoms with E-state index in [4.69, 9.17) is 9.47 Å². The summed E-state index contributed by atoms with van der Waals surface area (Å²) in [6.45, 7) is 7.22. The lowest BCUT2D eigenvalue weighted by Crippen LogP contribution is -2.31. The van der Waals surface area contributed by atoms with Crippen molar-refractivity contribution < 1.29 is 9.47 Å². The first-order valence-corrected chi connectivity index (χ1v) is 6.57. The summed E-state index contributed by atoms with van der Waals surface area (Å²) in [4.78, 5) is 0. The highest BCUT2D eigenvalue weighted by atomic mass is 16.5. The van der Waals surface area contributed by atoms with Gasteiger partial charge in [-0.1, -0.05) is 0 Å². The quantitative estimate of drug-likeness (QED) is 0.869. The van der Waals surface area contributed by atoms with Crippen LogP contribution in [0.15, 0.2) is 18.2 Å². The number of anilines is 1. The van der Waals surface area contributed by atoms with Crippen molar-refractivity contribution in [3.8, 4) is 5.75 Å². The zero-order valence-electron chi connectivity index (χ0n) is 11.7. The number of rotatable bonds is 5. The van der Waals surface area contributed by atoms with Crippen molar-refractivity contribution in [1.82, 2.24) is 0 Å². The number of ether oxygens (including phenoxy) is 2. The maximum Gasteiger partial charge on any atom is 0.122 e. The average molecular weight is 249 g/mol. The lowest BCUT2D eigenvalue weighted by atomic mass is 9.99. The molecule has 1 aromatic rings. The Hall–Kier alpha value is -1.22. The van der Waals surface area contributed by atoms with E-state index in [9.17, 15) is 0 Å². The van der Waals surface area contributed by atoms with Gasteiger partial charge in [0.2, 0.25) is 0 Å². The summed E-state index contributed by atoms with van der Waals surface area (Å²) in [5.41, 5.74) is 2.38. The van der Waals surface area contributed by atoms with E-state index in [1.807, 2.05) is 0 Å². The largest absolute Gasteiger partial charge is 0.493 e. The molecule has 2 rings (SSSR count). The zero-order valence-corrected chi connectivity index (χ0v) is 11.7. The molecule has 0 spiro atoms. The standard InChI is InChI=1S/C15H23NO2/c1-11(10-15(2,3)17-4)16-13-5-6-14-12(9-13)7-8-18-14/h5-6,9,11,16H,7-8,10H2,1-4H3. The van der Waals surface area contributed by atoms with Gasteiger partial charge in [-0.2, -0.15) is 0 Å². The van der Waals surface area contributed by atoms with Gasteiger partial charge in [0, 0.05) is 25.3 Å². The molecule has 100 valence electrons. The van der Waals surface area contributed by atoms with E-state index < -0.39 is 0 Å². The molecule has 18 heavy (non-hydrogen) atoms. The zero-order chi connectivity index (χ0) is 13.2. The second kappa shape index (κ2) is 5.19. The molecule has 0 aromatic heterocycles. The fraction of sp³-hybridized carbons (Fsp3) is 0.600. The summed E-state index contributed by atoms with van der Waals surface area (Å²) < 4.78 is 11.0. The highest BCUT2D eigenvalue weighted by Crippen LogP contribution is 2.28. The van der Waals surface area contributed by atoms with Gasteiger partial charge in [-0.15, -0.1) is 0 Å². The Morgan fingerprint density at radius 1 is 1.44 bits per heavy atom. The number of benzene rings is 1. The average Bonchev–Trinajstić information content (AvgIpc) is 2.75. The summed E-state index contributed by atoms with van der Waals surface area (Å²) in [6.07, 6.45) is 1.99. The van der Waals surface area contributed by atoms with Crippen molar-refractivity contribution in [3.63, 3.8) is 0 Å². The summed E-state index contributed by atoms with van der Waals surface area (Å²) in [5, 5.41) is 3.53. The lowest BCUT2D eigenvalue weighted by Gasteiger charge is -2.27. The summed E-state index contributed by atoms with van der Waals surface area (Å²) in [7, 11) is 1.76. The Morgan fingerprint density at radius 2 is 2.22 bits per heavy atom. The minimum atomic E-state index is -0.0910. The van der Waals surface area contributed by atoms with Crippen molar-refractivity contribution >= 4 is 5.69 Å². The van der Waals surface area contributed by atoms with Crippen LogP contribution in [0.3, 0.4) is 0 Å². The third kappa shape index (κ3) is 3.16. The molecule has 1 aliphatic rings. The Balaban J connectivity index is 1.97. The summed E-state index contributed by atoms with van der Waals surface area (Å²) in [5.74, 6) is 1.03. The van der Waals surface area contributed by atoms with Crippen molar-refractivity contribution in [2.24, 2.45) is 0 Å². The van der Waals surface area contributed by atoms with E-state index in [0.29, 0.717) is 6.04 Å². The van der Waals surface area contributed by atoms with E-state index >= 15 is 0 Å². The SMILES string of the molecule is COC(C)(C)CC(C)Nc1ccc2c(c1)CCO2. The van der Waals surface area contributed by atoms with Crippen LogP contribution >= 0.6 is 0 Å². The number of methoxy groups -OCH3 is 1. The maximum atomic E-state index is 5.51. The van der Waals surface area contributed by atoms with Gasteiger partial charge in [0.25, 0.3) is 0 Å². The Labute approximate surface area is 109 Å². The second-order valence-electron chi connectivity index (χ2n) is 5.63. The van der Waals surface area contributed by atoms with Crippen molar-refractivity contribution in [2.75, 3.05) is 19.0 Å². The predicted molar refractivity (Wildman–Crippen MR) is 74.4 cm³/mol. The van der Waals surface area contributed by atoms with E-state index in [1.165, 1.54) is 11.3 Å². The molecule has 0 amide bonds. The van der Waals surface area contributed by atoms with Gasteiger partial charge in [-0.05, 0) is 51.0 Å². The molecule has 1 atom stereocenters. The molecule has 1 N–H and O–H groups in total. The van der Waals surface area contributed by atoms with Crippen LogP contribution in [-0.2, 0) is 11.2 Å². The van der Waals surface area contributed by atoms with Gasteiger partial charge >= 0.3 is 0 Å². The highest BCUT2D eigenvalue weighted by Gasteiger charge is 2.20. The minimum Gasteiger partial charge on any atom is -0.493 e. The first kappa shape index (κ1) is 13.2. The van der Waals surface area contributed by atoms with Gasteiger partial charge in [-0.3, -0.25) is 0 Å². The van der Waals surface area contributed by atoms with Crippen LogP contribution in [0, 0.1) is 0 Å². The molecule has 1 aromatic carbocycles. The first-order valence-electron chi connectivity index (χ1n) is 6.57. The van der Waals surface area contributed by atoms with Gasteiger partial charge in [0.1, 0.15) is 5.75 Å². The van der Waals surface area contributed by atoms with Crippen molar-refractivity contribution in [1.29, 1.82) is 0 Å². The van der Waals surface area contributed by atoms with E-state index in [1.54, 1.807) is 7.11 Å². The molecule has 0 saturated heterocycles. The van der Waals surface area contributed by atoms with Crippen molar-refractivity contribution in [3.05, 3.63) is 23.8 Å². The molecular formula is C15H23NO2. The van der Waals surface area contributed by atoms with Gasteiger partial charge in [0.15, 0.2) is 0 Å². The molecule has 0 aliphatic carbocycles. The van der Waals surface area contributed by atoms with E-state index in [0.717, 1.165) is 25.2 Å². The van der Waals surface area contributed by atoms with Crippen LogP contribution < -0.4 is 10.1 Å². The van der Waals surface area contributed by atoms with E-state index in [-0.39, 0.29) is 5.60 Å². The third-order valence-corrected chi connectivity index (χ3v) is 3.45. The molecule has 0 radical (unpaired) electrons. The molecule has 0 bridgehead atoms. The number of hydrogen-bond donors (Lipinski definition) is 1. The molecular weight excluding hydrogens is 226 g/mol. The molecule has 1 aliphatic heterocycles. The number of hydrogen-bond acceptors (Lipinski definition) is 3. The molecule has 1 unspecified atom stereocenters. The minimum absolute atomic E-state index is 0.0910. The van der Waals surface area contributed by atoms with Crippen LogP contribution in [0.1, 0.15) is 32.8 Å². The Kier molecular flexibility index (Phi) is 3.81. The summed E-state index contributed by atoms with van der Waals surface area (Å²) >= 11 is 0. The molecule has 0 saturated carbocycles. The van der Waals surface area contributed by atoms with Crippen LogP contribution in [-0.4, -0.2) is 25.4 Å². The van der Waals surface area contributed by atoms with Crippen LogP contribution in [0.4, 0.5) is 5.69 Å². The number of nitrogens with one attached hydrogen (secondary N) is 1. The molecule has 3 heteroatoms. The smallest absolute Gasteiger partial charge is 0.122 e. The fourth-order valence-corrected chi connectivity index (χ4v) is 2.43. The van der Waals surface area contributed by atoms with Crippen molar-refractivity contribution in [2.45, 2.75) is 45.3 Å².